The van der Waals surface area contributed by atoms with Gasteiger partial charge in [-0.25, -0.2) is 4.79 Å². The van der Waals surface area contributed by atoms with Crippen molar-refractivity contribution in [1.82, 2.24) is 10.2 Å². The second-order valence-electron chi connectivity index (χ2n) is 7.11. The zero-order valence-electron chi connectivity index (χ0n) is 15.1. The van der Waals surface area contributed by atoms with Crippen molar-refractivity contribution in [2.75, 3.05) is 5.32 Å². The summed E-state index contributed by atoms with van der Waals surface area (Å²) in [6, 6.07) is 19.2. The van der Waals surface area contributed by atoms with E-state index in [-0.39, 0.29) is 11.5 Å². The van der Waals surface area contributed by atoms with Gasteiger partial charge in [0.1, 0.15) is 5.58 Å². The van der Waals surface area contributed by atoms with E-state index in [9.17, 15) is 4.79 Å². The Bertz CT molecular complexity index is 1490. The van der Waals surface area contributed by atoms with Crippen LogP contribution in [0.15, 0.2) is 76.1 Å². The molecule has 0 amide bonds. The molecule has 29 heavy (non-hydrogen) atoms. The van der Waals surface area contributed by atoms with Crippen molar-refractivity contribution in [2.45, 2.75) is 5.92 Å². The molecule has 2 N–H and O–H groups in total. The molecule has 140 valence electrons. The molecule has 5 nitrogen and oxygen atoms in total. The van der Waals surface area contributed by atoms with Gasteiger partial charge in [0.25, 0.3) is 0 Å². The number of para-hydroxylation sites is 1. The molecule has 0 fully saturated rings. The van der Waals surface area contributed by atoms with E-state index >= 15 is 0 Å². The third-order valence-corrected chi connectivity index (χ3v) is 5.90. The second-order valence-corrected chi connectivity index (χ2v) is 7.52. The van der Waals surface area contributed by atoms with Crippen molar-refractivity contribution < 1.29 is 4.42 Å². The number of nitrogens with one attached hydrogen (secondary N) is 2. The fraction of sp³-hybridized carbons (Fsp3) is 0.0435. The highest BCUT2D eigenvalue weighted by Gasteiger charge is 2.34. The minimum Gasteiger partial charge on any atom is -0.422 e. The van der Waals surface area contributed by atoms with Gasteiger partial charge in [-0.2, -0.15) is 5.10 Å². The topological polar surface area (TPSA) is 70.9 Å². The van der Waals surface area contributed by atoms with Crippen LogP contribution in [0.4, 0.5) is 11.4 Å². The highest BCUT2D eigenvalue weighted by atomic mass is 35.5. The predicted molar refractivity (Wildman–Crippen MR) is 114 cm³/mol. The number of fused-ring (bicyclic) bond motifs is 6. The first-order valence-electron chi connectivity index (χ1n) is 9.25. The average molecular weight is 400 g/mol. The summed E-state index contributed by atoms with van der Waals surface area (Å²) in [5.74, 6) is -0.389. The first kappa shape index (κ1) is 16.4. The first-order valence-corrected chi connectivity index (χ1v) is 9.63. The number of rotatable bonds is 1. The van der Waals surface area contributed by atoms with E-state index in [1.54, 1.807) is 12.3 Å². The van der Waals surface area contributed by atoms with Gasteiger partial charge >= 0.3 is 5.63 Å². The molecule has 6 rings (SSSR count). The quantitative estimate of drug-likeness (QED) is 0.355. The molecule has 6 heteroatoms. The monoisotopic (exact) mass is 399 g/mol. The van der Waals surface area contributed by atoms with E-state index in [4.69, 9.17) is 16.0 Å². The van der Waals surface area contributed by atoms with Crippen LogP contribution < -0.4 is 10.9 Å². The lowest BCUT2D eigenvalue weighted by Crippen LogP contribution is -2.23. The van der Waals surface area contributed by atoms with Crippen molar-refractivity contribution in [3.8, 4) is 0 Å². The van der Waals surface area contributed by atoms with Crippen LogP contribution in [0.25, 0.3) is 21.9 Å². The van der Waals surface area contributed by atoms with Crippen molar-refractivity contribution in [2.24, 2.45) is 0 Å². The predicted octanol–water partition coefficient (Wildman–Crippen LogP) is 5.56. The third kappa shape index (κ3) is 2.28. The van der Waals surface area contributed by atoms with Gasteiger partial charge < -0.3 is 9.73 Å². The highest BCUT2D eigenvalue weighted by Crippen LogP contribution is 2.49. The van der Waals surface area contributed by atoms with Gasteiger partial charge in [-0.3, -0.25) is 5.10 Å². The smallest absolute Gasteiger partial charge is 0.342 e. The normalized spacial score (nSPS) is 15.1. The Balaban J connectivity index is 1.79. The van der Waals surface area contributed by atoms with Crippen LogP contribution >= 0.6 is 11.6 Å². The Hall–Kier alpha value is -3.57. The van der Waals surface area contributed by atoms with Gasteiger partial charge in [-0.05, 0) is 35.9 Å². The summed E-state index contributed by atoms with van der Waals surface area (Å²) < 4.78 is 5.70. The summed E-state index contributed by atoms with van der Waals surface area (Å²) in [7, 11) is 0. The number of hydrogen-bond acceptors (Lipinski definition) is 4. The fourth-order valence-corrected chi connectivity index (χ4v) is 4.55. The Morgan fingerprint density at radius 3 is 2.69 bits per heavy atom. The maximum atomic E-state index is 13.2. The molecule has 0 saturated carbocycles. The molecule has 5 aromatic rings. The maximum Gasteiger partial charge on any atom is 0.342 e. The molecular formula is C23H14ClN3O2. The molecule has 1 aliphatic heterocycles. The Labute approximate surface area is 169 Å². The zero-order valence-corrected chi connectivity index (χ0v) is 15.8. The summed E-state index contributed by atoms with van der Waals surface area (Å²) in [6.45, 7) is 0. The number of aromatic nitrogens is 2. The first-order chi connectivity index (χ1) is 14.2. The fourth-order valence-electron chi connectivity index (χ4n) is 4.30. The van der Waals surface area contributed by atoms with E-state index in [1.165, 1.54) is 0 Å². The van der Waals surface area contributed by atoms with Crippen LogP contribution in [0.1, 0.15) is 22.6 Å². The van der Waals surface area contributed by atoms with Crippen LogP contribution in [0.3, 0.4) is 0 Å². The molecule has 3 aromatic carbocycles. The molecule has 1 atom stereocenters. The molecule has 0 saturated heterocycles. The zero-order chi connectivity index (χ0) is 19.5. The third-order valence-electron chi connectivity index (χ3n) is 5.56. The number of nitrogens with zero attached hydrogens (tertiary/aromatic N) is 1. The average Bonchev–Trinajstić information content (AvgIpc) is 3.22. The van der Waals surface area contributed by atoms with E-state index in [2.05, 4.69) is 15.5 Å². The number of aromatic amines is 1. The number of halogens is 1. The lowest BCUT2D eigenvalue weighted by atomic mass is 9.80. The van der Waals surface area contributed by atoms with Crippen LogP contribution in [0.5, 0.6) is 0 Å². The maximum absolute atomic E-state index is 13.2. The minimum atomic E-state index is -0.389. The van der Waals surface area contributed by atoms with E-state index in [0.29, 0.717) is 16.2 Å². The number of anilines is 2. The second kappa shape index (κ2) is 5.96. The molecule has 1 aliphatic rings. The molecule has 0 spiro atoms. The van der Waals surface area contributed by atoms with Gasteiger partial charge in [0.2, 0.25) is 0 Å². The summed E-state index contributed by atoms with van der Waals surface area (Å²) in [6.07, 6.45) is 1.78. The van der Waals surface area contributed by atoms with Crippen molar-refractivity contribution in [3.05, 3.63) is 99.0 Å². The summed E-state index contributed by atoms with van der Waals surface area (Å²) in [4.78, 5) is 13.2. The Morgan fingerprint density at radius 2 is 1.79 bits per heavy atom. The van der Waals surface area contributed by atoms with Gasteiger partial charge in [-0.15, -0.1) is 0 Å². The van der Waals surface area contributed by atoms with Crippen molar-refractivity contribution >= 4 is 44.8 Å². The Morgan fingerprint density at radius 1 is 0.966 bits per heavy atom. The molecule has 3 heterocycles. The summed E-state index contributed by atoms with van der Waals surface area (Å²) in [5.41, 5.74) is 5.05. The molecule has 1 unspecified atom stereocenters. The SMILES string of the molecule is O=c1oc2ccccc2c2c1C(c1ccccc1Cl)c1c(ccc3cn[nH]c13)N2. The van der Waals surface area contributed by atoms with E-state index in [1.807, 2.05) is 54.6 Å². The number of H-pyrrole nitrogens is 1. The van der Waals surface area contributed by atoms with E-state index < -0.39 is 0 Å². The lowest BCUT2D eigenvalue weighted by Gasteiger charge is -2.30. The molecule has 0 radical (unpaired) electrons. The molecule has 2 aromatic heterocycles. The largest absolute Gasteiger partial charge is 0.422 e. The molecule has 0 aliphatic carbocycles. The lowest BCUT2D eigenvalue weighted by molar-refractivity contribution is 0.549. The molecular weight excluding hydrogens is 386 g/mol. The van der Waals surface area contributed by atoms with Crippen LogP contribution in [-0.4, -0.2) is 10.2 Å². The number of hydrogen-bond donors (Lipinski definition) is 2. The van der Waals surface area contributed by atoms with Crippen LogP contribution in [-0.2, 0) is 0 Å². The highest BCUT2D eigenvalue weighted by molar-refractivity contribution is 6.31. The summed E-state index contributed by atoms with van der Waals surface area (Å²) in [5, 5.41) is 13.2. The van der Waals surface area contributed by atoms with Crippen molar-refractivity contribution in [1.29, 1.82) is 0 Å². The minimum absolute atomic E-state index is 0.377. The standard InChI is InChI=1S/C23H14ClN3O2/c24-15-7-3-1-5-13(15)18-19-16(10-9-12-11-25-27-21(12)19)26-22-14-6-2-4-8-17(14)29-23(28)20(18)22/h1-11,18,26H,(H,25,27). The molecule has 0 bridgehead atoms. The van der Waals surface area contributed by atoms with Crippen molar-refractivity contribution in [3.63, 3.8) is 0 Å². The van der Waals surface area contributed by atoms with Crippen LogP contribution in [0, 0.1) is 0 Å². The number of benzene rings is 3. The van der Waals surface area contributed by atoms with Gasteiger partial charge in [0.15, 0.2) is 0 Å². The van der Waals surface area contributed by atoms with Gasteiger partial charge in [0, 0.05) is 33.0 Å². The van der Waals surface area contributed by atoms with Gasteiger partial charge in [0.05, 0.1) is 23.0 Å². The Kier molecular flexibility index (Phi) is 3.37. The van der Waals surface area contributed by atoms with Crippen LogP contribution in [0.2, 0.25) is 5.02 Å². The van der Waals surface area contributed by atoms with E-state index in [0.717, 1.165) is 38.8 Å². The summed E-state index contributed by atoms with van der Waals surface area (Å²) >= 11 is 6.61. The van der Waals surface area contributed by atoms with Gasteiger partial charge in [-0.1, -0.05) is 41.9 Å².